The number of carboxylic acids is 1. The summed E-state index contributed by atoms with van der Waals surface area (Å²) in [4.78, 5) is 14.1. The second-order valence-electron chi connectivity index (χ2n) is 4.12. The van der Waals surface area contributed by atoms with Crippen LogP contribution in [-0.4, -0.2) is 40.9 Å². The topological polar surface area (TPSA) is 72.8 Å². The molecule has 0 aliphatic carbocycles. The number of fused-ring (bicyclic) bond motifs is 1. The number of carbonyl (C=O) groups is 1. The number of aliphatic hydroxyl groups is 1. The maximum Gasteiger partial charge on any atom is 0.323 e. The number of rotatable bonds is 6. The first-order chi connectivity index (χ1) is 9.17. The van der Waals surface area contributed by atoms with Gasteiger partial charge in [0.25, 0.3) is 0 Å². The first-order valence-electron chi connectivity index (χ1n) is 5.90. The second-order valence-corrected chi connectivity index (χ2v) is 5.24. The van der Waals surface area contributed by atoms with Gasteiger partial charge in [0.2, 0.25) is 0 Å². The van der Waals surface area contributed by atoms with Crippen LogP contribution in [0.5, 0.6) is 0 Å². The molecule has 0 saturated heterocycles. The molecule has 0 bridgehead atoms. The predicted molar refractivity (Wildman–Crippen MR) is 75.3 cm³/mol. The van der Waals surface area contributed by atoms with Gasteiger partial charge in [-0.05, 0) is 12.1 Å². The van der Waals surface area contributed by atoms with Crippen molar-refractivity contribution in [2.75, 3.05) is 18.1 Å². The number of nitrogens with zero attached hydrogens (tertiary/aromatic N) is 1. The third kappa shape index (κ3) is 2.91. The number of benzene rings is 1. The van der Waals surface area contributed by atoms with Crippen LogP contribution < -0.4 is 10.2 Å². The van der Waals surface area contributed by atoms with Gasteiger partial charge in [0.1, 0.15) is 11.5 Å². The van der Waals surface area contributed by atoms with E-state index in [1.165, 1.54) is 11.8 Å². The highest BCUT2D eigenvalue weighted by atomic mass is 32.2. The summed E-state index contributed by atoms with van der Waals surface area (Å²) >= 11 is 1.54. The minimum absolute atomic E-state index is 0.219. The number of aliphatic carboxylic acids is 1. The molecule has 1 heterocycles. The molecular weight excluding hydrogens is 264 g/mol. The van der Waals surface area contributed by atoms with E-state index in [9.17, 15) is 4.79 Å². The molecule has 102 valence electrons. The lowest BCUT2D eigenvalue weighted by Crippen LogP contribution is -2.50. The van der Waals surface area contributed by atoms with E-state index in [4.69, 9.17) is 10.2 Å². The van der Waals surface area contributed by atoms with Gasteiger partial charge in [0, 0.05) is 11.4 Å². The summed E-state index contributed by atoms with van der Waals surface area (Å²) < 4.78 is 0. The molecule has 6 heteroatoms. The maximum absolute atomic E-state index is 11.0. The van der Waals surface area contributed by atoms with Crippen LogP contribution in [-0.2, 0) is 4.79 Å². The van der Waals surface area contributed by atoms with Crippen molar-refractivity contribution >= 4 is 23.4 Å². The molecule has 2 atom stereocenters. The van der Waals surface area contributed by atoms with Crippen molar-refractivity contribution in [3.05, 3.63) is 36.9 Å². The van der Waals surface area contributed by atoms with Gasteiger partial charge in [-0.2, -0.15) is 0 Å². The molecule has 1 aromatic carbocycles. The summed E-state index contributed by atoms with van der Waals surface area (Å²) in [7, 11) is 0. The summed E-state index contributed by atoms with van der Waals surface area (Å²) in [6.07, 6.45) is 1.77. The number of aliphatic hydroxyl groups excluding tert-OH is 1. The highest BCUT2D eigenvalue weighted by Crippen LogP contribution is 2.41. The Hall–Kier alpha value is -1.50. The van der Waals surface area contributed by atoms with E-state index in [-0.39, 0.29) is 5.50 Å². The fourth-order valence-corrected chi connectivity index (χ4v) is 3.20. The molecule has 5 nitrogen and oxygen atoms in total. The molecule has 1 aliphatic rings. The first kappa shape index (κ1) is 13.9. The number of para-hydroxylation sites is 1. The Morgan fingerprint density at radius 1 is 1.58 bits per heavy atom. The maximum atomic E-state index is 11.0. The molecule has 2 unspecified atom stereocenters. The van der Waals surface area contributed by atoms with Gasteiger partial charge >= 0.3 is 5.97 Å². The van der Waals surface area contributed by atoms with Gasteiger partial charge in [0.15, 0.2) is 0 Å². The Balaban J connectivity index is 2.18. The first-order valence-corrected chi connectivity index (χ1v) is 6.78. The molecule has 0 radical (unpaired) electrons. The summed E-state index contributed by atoms with van der Waals surface area (Å²) in [5, 5.41) is 21.0. The van der Waals surface area contributed by atoms with Crippen LogP contribution in [0.25, 0.3) is 0 Å². The van der Waals surface area contributed by atoms with Gasteiger partial charge in [0.05, 0.1) is 12.3 Å². The van der Waals surface area contributed by atoms with Gasteiger partial charge in [-0.15, -0.1) is 6.58 Å². The monoisotopic (exact) mass is 280 g/mol. The highest BCUT2D eigenvalue weighted by Gasteiger charge is 2.32. The van der Waals surface area contributed by atoms with E-state index in [1.54, 1.807) is 6.08 Å². The quantitative estimate of drug-likeness (QED) is 0.678. The third-order valence-corrected chi connectivity index (χ3v) is 4.06. The van der Waals surface area contributed by atoms with E-state index >= 15 is 0 Å². The van der Waals surface area contributed by atoms with E-state index in [0.717, 1.165) is 10.6 Å². The van der Waals surface area contributed by atoms with Crippen LogP contribution in [0.1, 0.15) is 0 Å². The number of hydrogen-bond acceptors (Lipinski definition) is 5. The van der Waals surface area contributed by atoms with E-state index in [1.807, 2.05) is 29.2 Å². The minimum atomic E-state index is -1.06. The summed E-state index contributed by atoms with van der Waals surface area (Å²) in [6.45, 7) is 3.89. The molecule has 3 N–H and O–H groups in total. The van der Waals surface area contributed by atoms with E-state index in [0.29, 0.717) is 6.54 Å². The Morgan fingerprint density at radius 2 is 2.32 bits per heavy atom. The van der Waals surface area contributed by atoms with Crippen molar-refractivity contribution in [1.82, 2.24) is 5.32 Å². The molecular formula is C13H16N2O3S. The lowest BCUT2D eigenvalue weighted by atomic mass is 10.3. The van der Waals surface area contributed by atoms with Gasteiger partial charge in [-0.3, -0.25) is 10.1 Å². The Labute approximate surface area is 115 Å². The molecule has 19 heavy (non-hydrogen) atoms. The normalized spacial score (nSPS) is 19.0. The van der Waals surface area contributed by atoms with Crippen molar-refractivity contribution in [3.63, 3.8) is 0 Å². The molecule has 0 fully saturated rings. The van der Waals surface area contributed by atoms with Crippen LogP contribution in [0.3, 0.4) is 0 Å². The summed E-state index contributed by atoms with van der Waals surface area (Å²) in [5.41, 5.74) is 0.829. The molecule has 0 aromatic heterocycles. The van der Waals surface area contributed by atoms with Crippen molar-refractivity contribution in [2.24, 2.45) is 0 Å². The second kappa shape index (κ2) is 6.10. The molecule has 0 amide bonds. The number of thioether (sulfide) groups is 1. The van der Waals surface area contributed by atoms with E-state index in [2.05, 4.69) is 11.9 Å². The van der Waals surface area contributed by atoms with Gasteiger partial charge in [-0.1, -0.05) is 30.0 Å². The van der Waals surface area contributed by atoms with Crippen molar-refractivity contribution < 1.29 is 15.0 Å². The number of anilines is 1. The zero-order chi connectivity index (χ0) is 13.8. The number of carboxylic acid groups (broad SMARTS) is 1. The van der Waals surface area contributed by atoms with Gasteiger partial charge in [-0.25, -0.2) is 0 Å². The van der Waals surface area contributed by atoms with Crippen LogP contribution in [0, 0.1) is 0 Å². The Morgan fingerprint density at radius 3 is 2.95 bits per heavy atom. The van der Waals surface area contributed by atoms with Crippen LogP contribution in [0.2, 0.25) is 0 Å². The molecule has 1 aliphatic heterocycles. The fraction of sp³-hybridized carbons (Fsp3) is 0.308. The lowest BCUT2D eigenvalue weighted by Gasteiger charge is -2.28. The van der Waals surface area contributed by atoms with Gasteiger partial charge < -0.3 is 15.1 Å². The summed E-state index contributed by atoms with van der Waals surface area (Å²) in [6, 6.07) is 6.90. The molecule has 1 aromatic rings. The minimum Gasteiger partial charge on any atom is -0.480 e. The number of nitrogens with one attached hydrogen (secondary N) is 1. The molecule has 2 rings (SSSR count). The van der Waals surface area contributed by atoms with Crippen molar-refractivity contribution in [2.45, 2.75) is 16.4 Å². The third-order valence-electron chi connectivity index (χ3n) is 2.85. The van der Waals surface area contributed by atoms with Crippen LogP contribution >= 0.6 is 11.8 Å². The molecule has 0 saturated carbocycles. The zero-order valence-corrected chi connectivity index (χ0v) is 11.1. The van der Waals surface area contributed by atoms with Crippen molar-refractivity contribution in [1.29, 1.82) is 0 Å². The average Bonchev–Trinajstić information content (AvgIpc) is 2.74. The fourth-order valence-electron chi connectivity index (χ4n) is 1.94. The zero-order valence-electron chi connectivity index (χ0n) is 10.3. The SMILES string of the molecule is C=CCN1c2ccccc2SC1NC(CO)C(=O)O. The highest BCUT2D eigenvalue weighted by molar-refractivity contribution is 8.00. The predicted octanol–water partition coefficient (Wildman–Crippen LogP) is 1.10. The average molecular weight is 280 g/mol. The standard InChI is InChI=1S/C13H16N2O3S/c1-2-7-15-10-5-3-4-6-11(10)19-13(15)14-9(8-16)12(17)18/h2-6,9,13-14,16H,1,7-8H2,(H,17,18). The van der Waals surface area contributed by atoms with Crippen LogP contribution in [0.15, 0.2) is 41.8 Å². The summed E-state index contributed by atoms with van der Waals surface area (Å²) in [5.74, 6) is -1.06. The number of hydrogen-bond donors (Lipinski definition) is 3. The van der Waals surface area contributed by atoms with Crippen LogP contribution in [0.4, 0.5) is 5.69 Å². The largest absolute Gasteiger partial charge is 0.480 e. The lowest BCUT2D eigenvalue weighted by molar-refractivity contribution is -0.140. The Bertz CT molecular complexity index is 481. The molecule has 0 spiro atoms. The van der Waals surface area contributed by atoms with Crippen molar-refractivity contribution in [3.8, 4) is 0 Å². The van der Waals surface area contributed by atoms with E-state index < -0.39 is 18.6 Å². The smallest absolute Gasteiger partial charge is 0.323 e. The Kier molecular flexibility index (Phi) is 4.47.